The number of carbonyl (C=O) groups is 1. The lowest BCUT2D eigenvalue weighted by Crippen LogP contribution is -2.35. The van der Waals surface area contributed by atoms with Gasteiger partial charge in [0.05, 0.1) is 10.5 Å². The summed E-state index contributed by atoms with van der Waals surface area (Å²) < 4.78 is 0. The SMILES string of the molecule is O=C(c1cc([N+](=O)[O-])cnc1Cl)N(CC1CC1)C1CC1. The first-order chi connectivity index (χ1) is 9.56. The van der Waals surface area contributed by atoms with Crippen LogP contribution in [-0.2, 0) is 0 Å². The van der Waals surface area contributed by atoms with Gasteiger partial charge in [0.1, 0.15) is 11.3 Å². The van der Waals surface area contributed by atoms with Gasteiger partial charge in [-0.1, -0.05) is 11.6 Å². The fourth-order valence-electron chi connectivity index (χ4n) is 2.20. The highest BCUT2D eigenvalue weighted by Crippen LogP contribution is 2.36. The lowest BCUT2D eigenvalue weighted by atomic mass is 10.2. The van der Waals surface area contributed by atoms with E-state index in [4.69, 9.17) is 11.6 Å². The number of nitrogens with zero attached hydrogens (tertiary/aromatic N) is 3. The molecule has 0 aromatic carbocycles. The zero-order valence-electron chi connectivity index (χ0n) is 10.8. The number of pyridine rings is 1. The molecule has 6 nitrogen and oxygen atoms in total. The Morgan fingerprint density at radius 1 is 1.45 bits per heavy atom. The molecule has 2 aliphatic rings. The average molecular weight is 296 g/mol. The van der Waals surface area contributed by atoms with Crippen molar-refractivity contribution in [1.82, 2.24) is 9.88 Å². The summed E-state index contributed by atoms with van der Waals surface area (Å²) in [7, 11) is 0. The lowest BCUT2D eigenvalue weighted by molar-refractivity contribution is -0.385. The van der Waals surface area contributed by atoms with Crippen LogP contribution in [0.1, 0.15) is 36.0 Å². The van der Waals surface area contributed by atoms with Crippen LogP contribution in [-0.4, -0.2) is 33.3 Å². The molecule has 0 N–H and O–H groups in total. The first-order valence-corrected chi connectivity index (χ1v) is 7.05. The van der Waals surface area contributed by atoms with E-state index in [-0.39, 0.29) is 28.4 Å². The molecule has 106 valence electrons. The molecular weight excluding hydrogens is 282 g/mol. The summed E-state index contributed by atoms with van der Waals surface area (Å²) in [5, 5.41) is 10.8. The van der Waals surface area contributed by atoms with Gasteiger partial charge in [-0.2, -0.15) is 0 Å². The summed E-state index contributed by atoms with van der Waals surface area (Å²) >= 11 is 5.94. The number of nitro groups is 1. The van der Waals surface area contributed by atoms with Crippen LogP contribution in [0.15, 0.2) is 12.3 Å². The summed E-state index contributed by atoms with van der Waals surface area (Å²) in [5.74, 6) is 0.339. The Hall–Kier alpha value is -1.69. The van der Waals surface area contributed by atoms with E-state index in [0.29, 0.717) is 5.92 Å². The number of halogens is 1. The van der Waals surface area contributed by atoms with Crippen LogP contribution in [0.2, 0.25) is 5.15 Å². The predicted molar refractivity (Wildman–Crippen MR) is 72.7 cm³/mol. The molecule has 2 saturated carbocycles. The highest BCUT2D eigenvalue weighted by atomic mass is 35.5. The maximum absolute atomic E-state index is 12.6. The van der Waals surface area contributed by atoms with Crippen molar-refractivity contribution in [3.63, 3.8) is 0 Å². The second-order valence-electron chi connectivity index (χ2n) is 5.42. The maximum atomic E-state index is 12.6. The third-order valence-electron chi connectivity index (χ3n) is 3.67. The van der Waals surface area contributed by atoms with Crippen molar-refractivity contribution in [2.45, 2.75) is 31.7 Å². The largest absolute Gasteiger partial charge is 0.335 e. The topological polar surface area (TPSA) is 76.3 Å². The Morgan fingerprint density at radius 2 is 2.15 bits per heavy atom. The molecule has 7 heteroatoms. The van der Waals surface area contributed by atoms with Crippen molar-refractivity contribution in [1.29, 1.82) is 0 Å². The van der Waals surface area contributed by atoms with Gasteiger partial charge in [0.25, 0.3) is 11.6 Å². The second kappa shape index (κ2) is 5.01. The van der Waals surface area contributed by atoms with E-state index in [1.54, 1.807) is 0 Å². The average Bonchev–Trinajstić information content (AvgIpc) is 3.27. The normalized spacial score (nSPS) is 17.9. The lowest BCUT2D eigenvalue weighted by Gasteiger charge is -2.22. The molecule has 0 radical (unpaired) electrons. The van der Waals surface area contributed by atoms with Crippen LogP contribution in [0.5, 0.6) is 0 Å². The van der Waals surface area contributed by atoms with Crippen LogP contribution < -0.4 is 0 Å². The van der Waals surface area contributed by atoms with Gasteiger partial charge in [0, 0.05) is 18.7 Å². The Labute approximate surface area is 120 Å². The monoisotopic (exact) mass is 295 g/mol. The van der Waals surface area contributed by atoms with Gasteiger partial charge in [-0.3, -0.25) is 14.9 Å². The maximum Gasteiger partial charge on any atom is 0.288 e. The molecule has 2 aliphatic carbocycles. The minimum absolute atomic E-state index is 0.0297. The van der Waals surface area contributed by atoms with Gasteiger partial charge in [0.15, 0.2) is 0 Å². The van der Waals surface area contributed by atoms with Crippen LogP contribution in [0.3, 0.4) is 0 Å². The molecule has 0 bridgehead atoms. The van der Waals surface area contributed by atoms with Crippen molar-refractivity contribution in [3.8, 4) is 0 Å². The Bertz CT molecular complexity index is 570. The quantitative estimate of drug-likeness (QED) is 0.475. The van der Waals surface area contributed by atoms with Gasteiger partial charge in [-0.15, -0.1) is 0 Å². The third kappa shape index (κ3) is 2.75. The molecule has 0 spiro atoms. The fraction of sp³-hybridized carbons (Fsp3) is 0.538. The minimum atomic E-state index is -0.567. The Morgan fingerprint density at radius 3 is 2.70 bits per heavy atom. The van der Waals surface area contributed by atoms with E-state index < -0.39 is 4.92 Å². The fourth-order valence-corrected chi connectivity index (χ4v) is 2.39. The summed E-state index contributed by atoms with van der Waals surface area (Å²) in [5.41, 5.74) is -0.0756. The van der Waals surface area contributed by atoms with Gasteiger partial charge < -0.3 is 4.90 Å². The van der Waals surface area contributed by atoms with Gasteiger partial charge in [0.2, 0.25) is 0 Å². The number of carbonyl (C=O) groups excluding carboxylic acids is 1. The predicted octanol–water partition coefficient (Wildman–Crippen LogP) is 2.66. The van der Waals surface area contributed by atoms with Crippen molar-refractivity contribution < 1.29 is 9.72 Å². The van der Waals surface area contributed by atoms with Gasteiger partial charge >= 0.3 is 0 Å². The minimum Gasteiger partial charge on any atom is -0.335 e. The van der Waals surface area contributed by atoms with Crippen LogP contribution >= 0.6 is 11.6 Å². The van der Waals surface area contributed by atoms with Gasteiger partial charge in [-0.05, 0) is 31.6 Å². The molecule has 0 atom stereocenters. The van der Waals surface area contributed by atoms with Crippen LogP contribution in [0.25, 0.3) is 0 Å². The molecule has 0 saturated heterocycles. The van der Waals surface area contributed by atoms with E-state index in [9.17, 15) is 14.9 Å². The van der Waals surface area contributed by atoms with E-state index in [1.165, 1.54) is 6.07 Å². The Balaban J connectivity index is 1.87. The van der Waals surface area contributed by atoms with Gasteiger partial charge in [-0.25, -0.2) is 4.98 Å². The number of hydrogen-bond acceptors (Lipinski definition) is 4. The summed E-state index contributed by atoms with van der Waals surface area (Å²) in [6, 6.07) is 1.48. The molecule has 0 unspecified atom stereocenters. The summed E-state index contributed by atoms with van der Waals surface area (Å²) in [4.78, 5) is 28.3. The molecule has 1 amide bonds. The molecular formula is C13H14ClN3O3. The third-order valence-corrected chi connectivity index (χ3v) is 3.97. The molecule has 1 heterocycles. The molecule has 1 aromatic rings. The molecule has 0 aliphatic heterocycles. The zero-order chi connectivity index (χ0) is 14.3. The first-order valence-electron chi connectivity index (χ1n) is 6.67. The van der Waals surface area contributed by atoms with E-state index in [2.05, 4.69) is 4.98 Å². The number of hydrogen-bond donors (Lipinski definition) is 0. The summed E-state index contributed by atoms with van der Waals surface area (Å²) in [6.45, 7) is 0.725. The number of aromatic nitrogens is 1. The summed E-state index contributed by atoms with van der Waals surface area (Å²) in [6.07, 6.45) is 5.37. The number of rotatable bonds is 5. The molecule has 2 fully saturated rings. The second-order valence-corrected chi connectivity index (χ2v) is 5.78. The van der Waals surface area contributed by atoms with Crippen LogP contribution in [0, 0.1) is 16.0 Å². The van der Waals surface area contributed by atoms with Crippen molar-refractivity contribution >= 4 is 23.2 Å². The van der Waals surface area contributed by atoms with Crippen molar-refractivity contribution in [3.05, 3.63) is 33.1 Å². The van der Waals surface area contributed by atoms with Crippen molar-refractivity contribution in [2.75, 3.05) is 6.54 Å². The first kappa shape index (κ1) is 13.3. The van der Waals surface area contributed by atoms with E-state index >= 15 is 0 Å². The number of amides is 1. The zero-order valence-corrected chi connectivity index (χ0v) is 11.5. The van der Waals surface area contributed by atoms with E-state index in [1.807, 2.05) is 4.90 Å². The highest BCUT2D eigenvalue weighted by molar-refractivity contribution is 6.32. The molecule has 20 heavy (non-hydrogen) atoms. The van der Waals surface area contributed by atoms with Crippen LogP contribution in [0.4, 0.5) is 5.69 Å². The highest BCUT2D eigenvalue weighted by Gasteiger charge is 2.37. The van der Waals surface area contributed by atoms with Crippen molar-refractivity contribution in [2.24, 2.45) is 5.92 Å². The Kier molecular flexibility index (Phi) is 3.33. The van der Waals surface area contributed by atoms with E-state index in [0.717, 1.165) is 38.4 Å². The smallest absolute Gasteiger partial charge is 0.288 e. The molecule has 3 rings (SSSR count). The molecule has 1 aromatic heterocycles. The standard InChI is InChI=1S/C13H14ClN3O3/c14-12-11(5-10(6-15-12)17(19)20)13(18)16(9-3-4-9)7-8-1-2-8/h5-6,8-9H,1-4,7H2.